The van der Waals surface area contributed by atoms with Crippen molar-refractivity contribution in [2.45, 2.75) is 51.7 Å². The molecule has 0 saturated heterocycles. The van der Waals surface area contributed by atoms with Gasteiger partial charge in [0, 0.05) is 31.2 Å². The van der Waals surface area contributed by atoms with Gasteiger partial charge >= 0.3 is 6.16 Å². The molecule has 32 heavy (non-hydrogen) atoms. The van der Waals surface area contributed by atoms with Gasteiger partial charge in [0.2, 0.25) is 0 Å². The average molecular weight is 596 g/mol. The van der Waals surface area contributed by atoms with E-state index in [1.807, 2.05) is 27.7 Å². The lowest BCUT2D eigenvalue weighted by molar-refractivity contribution is -0.0582. The molecule has 0 saturated carbocycles. The van der Waals surface area contributed by atoms with Gasteiger partial charge in [0.05, 0.1) is 0 Å². The maximum absolute atomic E-state index is 12.7. The van der Waals surface area contributed by atoms with Gasteiger partial charge in [-0.2, -0.15) is 0 Å². The summed E-state index contributed by atoms with van der Waals surface area (Å²) in [6.07, 6.45) is 0.511. The van der Waals surface area contributed by atoms with E-state index in [1.165, 1.54) is 20.2 Å². The zero-order valence-corrected chi connectivity index (χ0v) is 23.1. The molecule has 0 unspecified atom stereocenters. The second-order valence-corrected chi connectivity index (χ2v) is 12.7. The van der Waals surface area contributed by atoms with E-state index in [1.54, 1.807) is 22.7 Å². The van der Waals surface area contributed by atoms with Gasteiger partial charge in [-0.25, -0.2) is 4.79 Å². The molecule has 2 aromatic carbocycles. The number of ether oxygens (including phenoxy) is 2. The molecule has 2 aromatic heterocycles. The van der Waals surface area contributed by atoms with Gasteiger partial charge in [-0.1, -0.05) is 31.9 Å². The third kappa shape index (κ3) is 5.56. The van der Waals surface area contributed by atoms with Crippen LogP contribution in [-0.4, -0.2) is 17.4 Å². The van der Waals surface area contributed by atoms with Gasteiger partial charge in [-0.15, -0.1) is 22.7 Å². The van der Waals surface area contributed by atoms with E-state index in [2.05, 4.69) is 79.0 Å². The Morgan fingerprint density at radius 1 is 0.781 bits per heavy atom. The van der Waals surface area contributed by atoms with Gasteiger partial charge in [0.15, 0.2) is 0 Å². The molecule has 0 aliphatic carbocycles. The van der Waals surface area contributed by atoms with Crippen LogP contribution in [0.3, 0.4) is 0 Å². The standard InChI is InChI=1S/C25H24Br2O3S2/c1-24(2,13-17-11-21-15(5-7-31-21)9-19(17)26)29-23(28)30-25(3,4)14-18-12-22-16(6-8-32-22)10-20(18)27/h5-12H,13-14H2,1-4H3. The zero-order valence-electron chi connectivity index (χ0n) is 18.3. The van der Waals surface area contributed by atoms with Crippen molar-refractivity contribution in [3.05, 3.63) is 67.2 Å². The van der Waals surface area contributed by atoms with Crippen LogP contribution in [0, 0.1) is 0 Å². The molecule has 0 radical (unpaired) electrons. The summed E-state index contributed by atoms with van der Waals surface area (Å²) in [5.74, 6) is 0. The fourth-order valence-corrected chi connectivity index (χ4v) is 6.45. The van der Waals surface area contributed by atoms with Crippen molar-refractivity contribution in [1.29, 1.82) is 0 Å². The van der Waals surface area contributed by atoms with Crippen molar-refractivity contribution in [2.75, 3.05) is 0 Å². The monoisotopic (exact) mass is 594 g/mol. The second kappa shape index (κ2) is 9.09. The van der Waals surface area contributed by atoms with E-state index in [0.717, 1.165) is 20.1 Å². The SMILES string of the molecule is CC(C)(Cc1cc2sccc2cc1Br)OC(=O)OC(C)(C)Cc1cc2sccc2cc1Br. The molecule has 7 heteroatoms. The number of hydrogen-bond donors (Lipinski definition) is 0. The van der Waals surface area contributed by atoms with Crippen LogP contribution in [0.2, 0.25) is 0 Å². The zero-order chi connectivity index (χ0) is 23.1. The minimum atomic E-state index is -0.711. The summed E-state index contributed by atoms with van der Waals surface area (Å²) in [4.78, 5) is 12.7. The Morgan fingerprint density at radius 3 is 1.59 bits per heavy atom. The highest BCUT2D eigenvalue weighted by Crippen LogP contribution is 2.33. The first-order chi connectivity index (χ1) is 15.0. The summed E-state index contributed by atoms with van der Waals surface area (Å²) in [5, 5.41) is 6.57. The molecule has 0 fully saturated rings. The molecule has 0 atom stereocenters. The number of carbonyl (C=O) groups is 1. The van der Waals surface area contributed by atoms with Gasteiger partial charge in [0.1, 0.15) is 11.2 Å². The molecule has 0 bridgehead atoms. The Labute approximate surface area is 213 Å². The molecular weight excluding hydrogens is 572 g/mol. The van der Waals surface area contributed by atoms with E-state index in [-0.39, 0.29) is 0 Å². The molecule has 0 aliphatic heterocycles. The van der Waals surface area contributed by atoms with Crippen molar-refractivity contribution >= 4 is 80.9 Å². The quantitative estimate of drug-likeness (QED) is 0.208. The van der Waals surface area contributed by atoms with Crippen molar-refractivity contribution in [3.63, 3.8) is 0 Å². The summed E-state index contributed by atoms with van der Waals surface area (Å²) >= 11 is 10.7. The minimum absolute atomic E-state index is 0.581. The topological polar surface area (TPSA) is 35.5 Å². The average Bonchev–Trinajstić information content (AvgIpc) is 3.29. The van der Waals surface area contributed by atoms with Crippen molar-refractivity contribution in [2.24, 2.45) is 0 Å². The van der Waals surface area contributed by atoms with E-state index in [9.17, 15) is 4.79 Å². The largest absolute Gasteiger partial charge is 0.509 e. The van der Waals surface area contributed by atoms with Crippen molar-refractivity contribution in [1.82, 2.24) is 0 Å². The van der Waals surface area contributed by atoms with Crippen LogP contribution in [0.25, 0.3) is 20.2 Å². The highest BCUT2D eigenvalue weighted by atomic mass is 79.9. The third-order valence-corrected chi connectivity index (χ3v) is 8.43. The fraction of sp³-hybridized carbons (Fsp3) is 0.320. The molecule has 4 aromatic rings. The fourth-order valence-electron chi connectivity index (χ4n) is 3.78. The van der Waals surface area contributed by atoms with Crippen LogP contribution in [-0.2, 0) is 22.3 Å². The number of rotatable bonds is 6. The van der Waals surface area contributed by atoms with Gasteiger partial charge in [-0.05, 0) is 96.8 Å². The molecule has 0 aliphatic rings. The molecule has 0 amide bonds. The van der Waals surface area contributed by atoms with Crippen LogP contribution in [0.5, 0.6) is 0 Å². The number of benzene rings is 2. The Balaban J connectivity index is 1.42. The first-order valence-corrected chi connectivity index (χ1v) is 13.6. The third-order valence-electron chi connectivity index (χ3n) is 5.19. The Hall–Kier alpha value is -1.41. The van der Waals surface area contributed by atoms with Crippen LogP contribution in [0.1, 0.15) is 38.8 Å². The molecule has 3 nitrogen and oxygen atoms in total. The van der Waals surface area contributed by atoms with Crippen LogP contribution < -0.4 is 0 Å². The lowest BCUT2D eigenvalue weighted by Crippen LogP contribution is -2.36. The number of thiophene rings is 2. The molecule has 0 spiro atoms. The van der Waals surface area contributed by atoms with E-state index >= 15 is 0 Å². The smallest absolute Gasteiger partial charge is 0.428 e. The summed E-state index contributed by atoms with van der Waals surface area (Å²) < 4.78 is 16.0. The highest BCUT2D eigenvalue weighted by molar-refractivity contribution is 9.10. The summed E-state index contributed by atoms with van der Waals surface area (Å²) in [5.41, 5.74) is 0.782. The summed E-state index contributed by atoms with van der Waals surface area (Å²) in [6.45, 7) is 7.64. The van der Waals surface area contributed by atoms with Crippen LogP contribution in [0.4, 0.5) is 4.79 Å². The highest BCUT2D eigenvalue weighted by Gasteiger charge is 2.31. The normalized spacial score (nSPS) is 12.4. The maximum atomic E-state index is 12.7. The lowest BCUT2D eigenvalue weighted by Gasteiger charge is -2.30. The molecule has 168 valence electrons. The first kappa shape index (κ1) is 23.7. The number of carbonyl (C=O) groups excluding carboxylic acids is 1. The predicted molar refractivity (Wildman–Crippen MR) is 142 cm³/mol. The summed E-state index contributed by atoms with van der Waals surface area (Å²) in [6, 6.07) is 12.7. The Kier molecular flexibility index (Phi) is 6.74. The maximum Gasteiger partial charge on any atom is 0.509 e. The lowest BCUT2D eigenvalue weighted by atomic mass is 9.97. The van der Waals surface area contributed by atoms with E-state index in [4.69, 9.17) is 9.47 Å². The van der Waals surface area contributed by atoms with Crippen LogP contribution in [0.15, 0.2) is 56.1 Å². The van der Waals surface area contributed by atoms with Gasteiger partial charge < -0.3 is 9.47 Å². The van der Waals surface area contributed by atoms with Crippen molar-refractivity contribution < 1.29 is 14.3 Å². The Morgan fingerprint density at radius 2 is 1.19 bits per heavy atom. The molecule has 4 rings (SSSR count). The first-order valence-electron chi connectivity index (χ1n) is 10.2. The minimum Gasteiger partial charge on any atom is -0.428 e. The Bertz CT molecular complexity index is 1190. The van der Waals surface area contributed by atoms with Crippen molar-refractivity contribution in [3.8, 4) is 0 Å². The van der Waals surface area contributed by atoms with Gasteiger partial charge in [0.25, 0.3) is 0 Å². The van der Waals surface area contributed by atoms with E-state index < -0.39 is 17.4 Å². The van der Waals surface area contributed by atoms with Gasteiger partial charge in [-0.3, -0.25) is 0 Å². The molecular formula is C25H24Br2O3S2. The predicted octanol–water partition coefficient (Wildman–Crippen LogP) is 9.14. The molecule has 0 N–H and O–H groups in total. The summed E-state index contributed by atoms with van der Waals surface area (Å²) in [7, 11) is 0. The second-order valence-electron chi connectivity index (χ2n) is 9.13. The number of hydrogen-bond acceptors (Lipinski definition) is 5. The van der Waals surface area contributed by atoms with Crippen LogP contribution >= 0.6 is 54.5 Å². The number of fused-ring (bicyclic) bond motifs is 2. The number of halogens is 2. The van der Waals surface area contributed by atoms with E-state index in [0.29, 0.717) is 12.8 Å². The molecule has 2 heterocycles.